The molecule has 2 aliphatic rings. The zero-order valence-corrected chi connectivity index (χ0v) is 21.4. The first-order valence-electron chi connectivity index (χ1n) is 12.1. The lowest BCUT2D eigenvalue weighted by Gasteiger charge is -2.34. The summed E-state index contributed by atoms with van der Waals surface area (Å²) in [5, 5.41) is 14.6. The molecule has 0 saturated heterocycles. The Morgan fingerprint density at radius 3 is 2.60 bits per heavy atom. The second-order valence-electron chi connectivity index (χ2n) is 9.39. The summed E-state index contributed by atoms with van der Waals surface area (Å²) in [6, 6.07) is 9.62. The van der Waals surface area contributed by atoms with Crippen molar-refractivity contribution in [3.05, 3.63) is 62.9 Å². The maximum Gasteiger partial charge on any atom is 0.346 e. The van der Waals surface area contributed by atoms with Gasteiger partial charge in [-0.25, -0.2) is 9.78 Å². The number of carbonyl (C=O) groups is 2. The van der Waals surface area contributed by atoms with E-state index in [1.54, 1.807) is 10.9 Å². The highest BCUT2D eigenvalue weighted by Gasteiger charge is 2.29. The van der Waals surface area contributed by atoms with Gasteiger partial charge in [0.1, 0.15) is 10.6 Å². The first kappa shape index (κ1) is 23.9. The van der Waals surface area contributed by atoms with E-state index in [1.807, 2.05) is 24.3 Å². The third-order valence-corrected chi connectivity index (χ3v) is 8.78. The molecule has 0 bridgehead atoms. The number of nitrogens with one attached hydrogen (secondary N) is 1. The molecule has 1 aromatic carbocycles. The molecule has 0 radical (unpaired) electrons. The van der Waals surface area contributed by atoms with Crippen LogP contribution in [0, 0.1) is 5.92 Å². The van der Waals surface area contributed by atoms with E-state index in [4.69, 9.17) is 0 Å². The maximum absolute atomic E-state index is 12.3. The van der Waals surface area contributed by atoms with E-state index in [9.17, 15) is 14.7 Å². The highest BCUT2D eigenvalue weighted by atomic mass is 32.1. The lowest BCUT2D eigenvalue weighted by atomic mass is 9.78. The Morgan fingerprint density at radius 2 is 1.91 bits per heavy atom. The molecule has 1 aliphatic heterocycles. The van der Waals surface area contributed by atoms with Crippen molar-refractivity contribution in [3.8, 4) is 10.4 Å². The number of benzene rings is 1. The summed E-state index contributed by atoms with van der Waals surface area (Å²) < 4.78 is 0. The standard InChI is InChI=1S/C27H29N3O3S2/c1-30-12-11-20(17-5-3-2-4-6-17)22(14-30)21-13-24(35-25(21)27(32)33)18-7-9-19(10-8-18)29-26(31)23-15-34-16-28-23/h7-10,13,15-17H,2-6,11-12,14H2,1H3,(H,29,31)(H,32,33). The van der Waals surface area contributed by atoms with Gasteiger partial charge in [0.05, 0.1) is 5.51 Å². The van der Waals surface area contributed by atoms with E-state index >= 15 is 0 Å². The molecule has 0 atom stereocenters. The summed E-state index contributed by atoms with van der Waals surface area (Å²) in [4.78, 5) is 32.2. The van der Waals surface area contributed by atoms with Gasteiger partial charge in [-0.1, -0.05) is 37.0 Å². The van der Waals surface area contributed by atoms with Crippen LogP contribution in [0.1, 0.15) is 64.2 Å². The van der Waals surface area contributed by atoms with Crippen LogP contribution in [0.5, 0.6) is 0 Å². The maximum atomic E-state index is 12.3. The molecule has 0 unspecified atom stereocenters. The number of likely N-dealkylation sites (N-methyl/N-ethyl adjacent to an activating group) is 1. The fourth-order valence-electron chi connectivity index (χ4n) is 5.23. The number of aromatic carboxylic acids is 1. The van der Waals surface area contributed by atoms with Crippen molar-refractivity contribution in [1.29, 1.82) is 0 Å². The van der Waals surface area contributed by atoms with Gasteiger partial charge in [-0.3, -0.25) is 4.79 Å². The molecule has 1 amide bonds. The Morgan fingerprint density at radius 1 is 1.14 bits per heavy atom. The molecule has 1 saturated carbocycles. The molecule has 35 heavy (non-hydrogen) atoms. The Kier molecular flexibility index (Phi) is 7.13. The van der Waals surface area contributed by atoms with E-state index in [0.717, 1.165) is 35.5 Å². The second kappa shape index (κ2) is 10.4. The summed E-state index contributed by atoms with van der Waals surface area (Å²) in [6.07, 6.45) is 7.30. The summed E-state index contributed by atoms with van der Waals surface area (Å²) >= 11 is 2.71. The minimum Gasteiger partial charge on any atom is -0.477 e. The predicted molar refractivity (Wildman–Crippen MR) is 142 cm³/mol. The summed E-state index contributed by atoms with van der Waals surface area (Å²) in [6.45, 7) is 1.83. The first-order chi connectivity index (χ1) is 17.0. The van der Waals surface area contributed by atoms with Gasteiger partial charge in [0.15, 0.2) is 0 Å². The van der Waals surface area contributed by atoms with E-state index in [2.05, 4.69) is 28.3 Å². The minimum atomic E-state index is -0.868. The molecule has 6 nitrogen and oxygen atoms in total. The number of thiophene rings is 1. The second-order valence-corrected chi connectivity index (χ2v) is 11.2. The molecular weight excluding hydrogens is 478 g/mol. The first-order valence-corrected chi connectivity index (χ1v) is 13.8. The molecule has 2 aromatic heterocycles. The van der Waals surface area contributed by atoms with Crippen LogP contribution in [-0.2, 0) is 0 Å². The van der Waals surface area contributed by atoms with Gasteiger partial charge in [0.25, 0.3) is 5.91 Å². The highest BCUT2D eigenvalue weighted by Crippen LogP contribution is 2.42. The number of carboxylic acid groups (broad SMARTS) is 1. The number of amides is 1. The molecular formula is C27H29N3O3S2. The number of rotatable bonds is 6. The molecule has 5 rings (SSSR count). The lowest BCUT2D eigenvalue weighted by molar-refractivity contribution is 0.0701. The summed E-state index contributed by atoms with van der Waals surface area (Å²) in [5.41, 5.74) is 7.23. The zero-order valence-electron chi connectivity index (χ0n) is 19.8. The molecule has 3 aromatic rings. The van der Waals surface area contributed by atoms with Crippen molar-refractivity contribution >= 4 is 45.8 Å². The fraction of sp³-hybridized carbons (Fsp3) is 0.370. The number of hydrogen-bond acceptors (Lipinski definition) is 6. The van der Waals surface area contributed by atoms with Crippen LogP contribution in [0.3, 0.4) is 0 Å². The molecule has 3 heterocycles. The Bertz CT molecular complexity index is 1240. The average Bonchev–Trinajstić information content (AvgIpc) is 3.56. The van der Waals surface area contributed by atoms with Gasteiger partial charge >= 0.3 is 5.97 Å². The largest absolute Gasteiger partial charge is 0.477 e. The van der Waals surface area contributed by atoms with Crippen molar-refractivity contribution in [3.63, 3.8) is 0 Å². The van der Waals surface area contributed by atoms with Crippen LogP contribution < -0.4 is 5.32 Å². The van der Waals surface area contributed by atoms with Gasteiger partial charge in [-0.15, -0.1) is 22.7 Å². The molecule has 182 valence electrons. The third kappa shape index (κ3) is 5.24. The van der Waals surface area contributed by atoms with Crippen LogP contribution in [0.25, 0.3) is 16.0 Å². The fourth-order valence-corrected chi connectivity index (χ4v) is 6.79. The van der Waals surface area contributed by atoms with Crippen LogP contribution in [-0.4, -0.2) is 47.0 Å². The highest BCUT2D eigenvalue weighted by molar-refractivity contribution is 7.17. The number of carboxylic acids is 1. The van der Waals surface area contributed by atoms with E-state index in [1.165, 1.54) is 65.9 Å². The SMILES string of the molecule is CN1CCC(C2CCCCC2)=C(c2cc(-c3ccc(NC(=O)c4cscn4)cc3)sc2C(=O)O)C1. The number of aromatic nitrogens is 1. The number of nitrogens with zero attached hydrogens (tertiary/aromatic N) is 2. The molecule has 8 heteroatoms. The van der Waals surface area contributed by atoms with Crippen LogP contribution in [0.15, 0.2) is 46.8 Å². The average molecular weight is 508 g/mol. The quantitative estimate of drug-likeness (QED) is 0.398. The van der Waals surface area contributed by atoms with Crippen molar-refractivity contribution in [2.24, 2.45) is 5.92 Å². The predicted octanol–water partition coefficient (Wildman–Crippen LogP) is 6.49. The monoisotopic (exact) mass is 507 g/mol. The molecule has 0 spiro atoms. The number of anilines is 1. The number of hydrogen-bond donors (Lipinski definition) is 2. The van der Waals surface area contributed by atoms with Crippen LogP contribution in [0.2, 0.25) is 0 Å². The molecule has 1 fully saturated rings. The van der Waals surface area contributed by atoms with Crippen LogP contribution >= 0.6 is 22.7 Å². The van der Waals surface area contributed by atoms with Gasteiger partial charge in [-0.05, 0) is 61.6 Å². The summed E-state index contributed by atoms with van der Waals surface area (Å²) in [7, 11) is 2.12. The topological polar surface area (TPSA) is 82.5 Å². The van der Waals surface area contributed by atoms with Crippen molar-refractivity contribution < 1.29 is 14.7 Å². The van der Waals surface area contributed by atoms with Crippen LogP contribution in [0.4, 0.5) is 5.69 Å². The molecule has 2 N–H and O–H groups in total. The lowest BCUT2D eigenvalue weighted by Crippen LogP contribution is -2.30. The van der Waals surface area contributed by atoms with Crippen molar-refractivity contribution in [1.82, 2.24) is 9.88 Å². The van der Waals surface area contributed by atoms with E-state index in [-0.39, 0.29) is 5.91 Å². The van der Waals surface area contributed by atoms with E-state index < -0.39 is 5.97 Å². The Hall–Kier alpha value is -2.81. The number of carbonyl (C=O) groups excluding carboxylic acids is 1. The van der Waals surface area contributed by atoms with Gasteiger partial charge < -0.3 is 15.3 Å². The van der Waals surface area contributed by atoms with Gasteiger partial charge in [-0.2, -0.15) is 0 Å². The third-order valence-electron chi connectivity index (χ3n) is 7.02. The Labute approximate surface area is 213 Å². The normalized spacial score (nSPS) is 17.5. The number of thiazole rings is 1. The summed E-state index contributed by atoms with van der Waals surface area (Å²) in [5.74, 6) is -0.528. The smallest absolute Gasteiger partial charge is 0.346 e. The molecule has 1 aliphatic carbocycles. The van der Waals surface area contributed by atoms with Gasteiger partial charge in [0.2, 0.25) is 0 Å². The van der Waals surface area contributed by atoms with Gasteiger partial charge in [0, 0.05) is 34.6 Å². The van der Waals surface area contributed by atoms with Crippen molar-refractivity contribution in [2.75, 3.05) is 25.5 Å². The van der Waals surface area contributed by atoms with Crippen molar-refractivity contribution in [2.45, 2.75) is 38.5 Å². The Balaban J connectivity index is 1.46. The van der Waals surface area contributed by atoms with E-state index in [0.29, 0.717) is 22.2 Å². The zero-order chi connectivity index (χ0) is 24.4. The minimum absolute atomic E-state index is 0.242.